The summed E-state index contributed by atoms with van der Waals surface area (Å²) in [5.74, 6) is 0.289. The second-order valence-electron chi connectivity index (χ2n) is 2.68. The average Bonchev–Trinajstić information content (AvgIpc) is 2.51. The van der Waals surface area contributed by atoms with Gasteiger partial charge in [0.2, 0.25) is 0 Å². The number of nitrogens with two attached hydrogens (primary N) is 2. The summed E-state index contributed by atoms with van der Waals surface area (Å²) in [5.41, 5.74) is 12.1. The Labute approximate surface area is 84.7 Å². The minimum absolute atomic E-state index is 0.00866. The predicted octanol–water partition coefficient (Wildman–Crippen LogP) is 1.55. The van der Waals surface area contributed by atoms with Gasteiger partial charge in [-0.1, -0.05) is 16.7 Å². The lowest BCUT2D eigenvalue weighted by Crippen LogP contribution is -1.89. The van der Waals surface area contributed by atoms with E-state index in [1.54, 1.807) is 18.2 Å². The van der Waals surface area contributed by atoms with Gasteiger partial charge in [0.1, 0.15) is 0 Å². The fourth-order valence-corrected chi connectivity index (χ4v) is 1.25. The van der Waals surface area contributed by atoms with E-state index in [1.807, 2.05) is 0 Å². The molecule has 0 unspecified atom stereocenters. The van der Waals surface area contributed by atoms with Gasteiger partial charge in [-0.2, -0.15) is 0 Å². The molecule has 0 amide bonds. The van der Waals surface area contributed by atoms with Crippen LogP contribution in [0.15, 0.2) is 22.6 Å². The third-order valence-electron chi connectivity index (χ3n) is 1.68. The lowest BCUT2D eigenvalue weighted by Gasteiger charge is -2.00. The van der Waals surface area contributed by atoms with Crippen molar-refractivity contribution >= 4 is 23.3 Å². The molecule has 1 aromatic heterocycles. The van der Waals surface area contributed by atoms with Crippen molar-refractivity contribution in [3.05, 3.63) is 23.2 Å². The van der Waals surface area contributed by atoms with Crippen molar-refractivity contribution in [2.45, 2.75) is 0 Å². The second kappa shape index (κ2) is 3.19. The molecule has 0 aliphatic rings. The van der Waals surface area contributed by atoms with Gasteiger partial charge in [0, 0.05) is 10.7 Å². The summed E-state index contributed by atoms with van der Waals surface area (Å²) in [5, 5.41) is 7.80. The maximum absolute atomic E-state index is 5.74. The molecule has 4 N–H and O–H groups in total. The van der Waals surface area contributed by atoms with Gasteiger partial charge >= 0.3 is 6.01 Å². The van der Waals surface area contributed by atoms with Crippen LogP contribution in [0, 0.1) is 0 Å². The Hall–Kier alpha value is -1.75. The van der Waals surface area contributed by atoms with E-state index < -0.39 is 0 Å². The molecule has 5 nitrogen and oxygen atoms in total. The second-order valence-corrected chi connectivity index (χ2v) is 3.11. The Morgan fingerprint density at radius 1 is 1.21 bits per heavy atom. The number of hydrogen-bond donors (Lipinski definition) is 2. The Bertz CT molecular complexity index is 468. The van der Waals surface area contributed by atoms with Crippen molar-refractivity contribution in [2.24, 2.45) is 0 Å². The molecule has 0 fully saturated rings. The maximum Gasteiger partial charge on any atom is 0.313 e. The first kappa shape index (κ1) is 8.83. The van der Waals surface area contributed by atoms with Crippen molar-refractivity contribution in [1.29, 1.82) is 0 Å². The highest BCUT2D eigenvalue weighted by Gasteiger charge is 2.09. The van der Waals surface area contributed by atoms with Crippen molar-refractivity contribution in [3.63, 3.8) is 0 Å². The van der Waals surface area contributed by atoms with Crippen molar-refractivity contribution in [2.75, 3.05) is 11.5 Å². The Balaban J connectivity index is 2.52. The molecule has 1 heterocycles. The Kier molecular flexibility index (Phi) is 2.01. The van der Waals surface area contributed by atoms with Crippen LogP contribution in [0.2, 0.25) is 5.02 Å². The van der Waals surface area contributed by atoms with Crippen molar-refractivity contribution < 1.29 is 4.42 Å². The highest BCUT2D eigenvalue weighted by Crippen LogP contribution is 2.27. The van der Waals surface area contributed by atoms with Gasteiger partial charge in [-0.05, 0) is 18.2 Å². The highest BCUT2D eigenvalue weighted by molar-refractivity contribution is 6.31. The average molecular weight is 211 g/mol. The molecule has 1 aromatic carbocycles. The van der Waals surface area contributed by atoms with Crippen molar-refractivity contribution in [3.8, 4) is 11.5 Å². The normalized spacial score (nSPS) is 10.4. The van der Waals surface area contributed by atoms with Gasteiger partial charge in [-0.25, -0.2) is 0 Å². The van der Waals surface area contributed by atoms with E-state index in [2.05, 4.69) is 10.2 Å². The molecule has 0 aliphatic carbocycles. The fraction of sp³-hybridized carbons (Fsp3) is 0. The SMILES string of the molecule is Nc1nnc(-c2ccc(Cl)cc2N)o1. The number of hydrogen-bond acceptors (Lipinski definition) is 5. The first-order valence-corrected chi connectivity index (χ1v) is 4.19. The molecule has 14 heavy (non-hydrogen) atoms. The van der Waals surface area contributed by atoms with E-state index in [0.29, 0.717) is 16.3 Å². The fourth-order valence-electron chi connectivity index (χ4n) is 1.07. The summed E-state index contributed by atoms with van der Waals surface area (Å²) in [6.07, 6.45) is 0. The number of benzene rings is 1. The van der Waals surface area contributed by atoms with Gasteiger partial charge in [0.25, 0.3) is 5.89 Å². The van der Waals surface area contributed by atoms with Crippen LogP contribution >= 0.6 is 11.6 Å². The van der Waals surface area contributed by atoms with Crippen molar-refractivity contribution in [1.82, 2.24) is 10.2 Å². The molecule has 0 bridgehead atoms. The van der Waals surface area contributed by atoms with Crippen LogP contribution in [-0.4, -0.2) is 10.2 Å². The molecule has 0 saturated heterocycles. The third-order valence-corrected chi connectivity index (χ3v) is 1.92. The van der Waals surface area contributed by atoms with Crippen LogP contribution in [0.4, 0.5) is 11.7 Å². The first-order chi connectivity index (χ1) is 6.66. The maximum atomic E-state index is 5.74. The van der Waals surface area contributed by atoms with Gasteiger partial charge in [-0.15, -0.1) is 5.10 Å². The molecule has 6 heteroatoms. The molecule has 2 rings (SSSR count). The quantitative estimate of drug-likeness (QED) is 0.697. The van der Waals surface area contributed by atoms with Crippen LogP contribution in [-0.2, 0) is 0 Å². The minimum atomic E-state index is 0.00866. The van der Waals surface area contributed by atoms with Gasteiger partial charge in [0.05, 0.1) is 5.56 Å². The van der Waals surface area contributed by atoms with Crippen LogP contribution in [0.5, 0.6) is 0 Å². The zero-order chi connectivity index (χ0) is 10.1. The molecule has 0 saturated carbocycles. The van der Waals surface area contributed by atoms with Gasteiger partial charge in [0.15, 0.2) is 0 Å². The summed E-state index contributed by atoms with van der Waals surface area (Å²) >= 11 is 5.74. The van der Waals surface area contributed by atoms with Crippen LogP contribution in [0.1, 0.15) is 0 Å². The van der Waals surface area contributed by atoms with E-state index >= 15 is 0 Å². The molecule has 0 radical (unpaired) electrons. The summed E-state index contributed by atoms with van der Waals surface area (Å²) < 4.78 is 5.02. The topological polar surface area (TPSA) is 91.0 Å². The standard InChI is InChI=1S/C8H7ClN4O/c9-4-1-2-5(6(10)3-4)7-12-13-8(11)14-7/h1-3H,10H2,(H2,11,13). The molecular formula is C8H7ClN4O. The summed E-state index contributed by atoms with van der Waals surface area (Å²) in [6, 6.07) is 5.00. The summed E-state index contributed by atoms with van der Waals surface area (Å²) in [4.78, 5) is 0. The highest BCUT2D eigenvalue weighted by atomic mass is 35.5. The lowest BCUT2D eigenvalue weighted by molar-refractivity contribution is 0.590. The van der Waals surface area contributed by atoms with E-state index in [0.717, 1.165) is 0 Å². The van der Waals surface area contributed by atoms with E-state index in [4.69, 9.17) is 27.5 Å². The number of halogens is 1. The number of anilines is 2. The molecular weight excluding hydrogens is 204 g/mol. The monoisotopic (exact) mass is 210 g/mol. The van der Waals surface area contributed by atoms with Gasteiger partial charge in [-0.3, -0.25) is 0 Å². The van der Waals surface area contributed by atoms with Crippen LogP contribution in [0.25, 0.3) is 11.5 Å². The predicted molar refractivity (Wildman–Crippen MR) is 53.6 cm³/mol. The Morgan fingerprint density at radius 3 is 2.57 bits per heavy atom. The minimum Gasteiger partial charge on any atom is -0.403 e. The first-order valence-electron chi connectivity index (χ1n) is 3.81. The Morgan fingerprint density at radius 2 is 2.00 bits per heavy atom. The molecule has 0 aliphatic heterocycles. The molecule has 2 aromatic rings. The number of rotatable bonds is 1. The number of aromatic nitrogens is 2. The summed E-state index contributed by atoms with van der Waals surface area (Å²) in [6.45, 7) is 0. The third kappa shape index (κ3) is 1.49. The summed E-state index contributed by atoms with van der Waals surface area (Å²) in [7, 11) is 0. The molecule has 0 atom stereocenters. The number of nitrogen functional groups attached to an aromatic ring is 2. The smallest absolute Gasteiger partial charge is 0.313 e. The zero-order valence-corrected chi connectivity index (χ0v) is 7.82. The zero-order valence-electron chi connectivity index (χ0n) is 7.07. The van der Waals surface area contributed by atoms with Crippen LogP contribution in [0.3, 0.4) is 0 Å². The number of nitrogens with zero attached hydrogens (tertiary/aromatic N) is 2. The molecule has 0 spiro atoms. The van der Waals surface area contributed by atoms with Gasteiger partial charge < -0.3 is 15.9 Å². The molecule has 72 valence electrons. The largest absolute Gasteiger partial charge is 0.403 e. The van der Waals surface area contributed by atoms with E-state index in [1.165, 1.54) is 0 Å². The lowest BCUT2D eigenvalue weighted by atomic mass is 10.2. The van der Waals surface area contributed by atoms with Crippen LogP contribution < -0.4 is 11.5 Å². The van der Waals surface area contributed by atoms with E-state index in [9.17, 15) is 0 Å². The van der Waals surface area contributed by atoms with E-state index in [-0.39, 0.29) is 11.9 Å².